The molecule has 146 valence electrons. The van der Waals surface area contributed by atoms with Gasteiger partial charge in [0.2, 0.25) is 5.88 Å². The van der Waals surface area contributed by atoms with E-state index >= 15 is 0 Å². The topological polar surface area (TPSA) is 43.4 Å². The summed E-state index contributed by atoms with van der Waals surface area (Å²) in [5, 5.41) is 3.74. The second-order valence-corrected chi connectivity index (χ2v) is 6.59. The van der Waals surface area contributed by atoms with Gasteiger partial charge in [0.15, 0.2) is 0 Å². The lowest BCUT2D eigenvalue weighted by Crippen LogP contribution is -2.17. The molecule has 1 N–H and O–H groups in total. The van der Waals surface area contributed by atoms with Crippen LogP contribution in [0.4, 0.5) is 4.39 Å². The molecule has 0 aliphatic rings. The highest BCUT2D eigenvalue weighted by atomic mass is 35.5. The van der Waals surface area contributed by atoms with Crippen LogP contribution in [-0.2, 0) is 13.2 Å². The van der Waals surface area contributed by atoms with Gasteiger partial charge in [0, 0.05) is 24.4 Å². The molecule has 4 nitrogen and oxygen atoms in total. The quantitative estimate of drug-likeness (QED) is 0.486. The lowest BCUT2D eigenvalue weighted by Gasteiger charge is -2.11. The van der Waals surface area contributed by atoms with Crippen LogP contribution in [0.15, 0.2) is 66.9 Å². The second kappa shape index (κ2) is 10.6. The van der Waals surface area contributed by atoms with Gasteiger partial charge in [0.05, 0.1) is 11.6 Å². The summed E-state index contributed by atoms with van der Waals surface area (Å²) in [7, 11) is 0. The van der Waals surface area contributed by atoms with Crippen molar-refractivity contribution in [1.29, 1.82) is 0 Å². The molecule has 6 heteroatoms. The monoisotopic (exact) mass is 400 g/mol. The Morgan fingerprint density at radius 1 is 1.00 bits per heavy atom. The number of halogens is 2. The Bertz CT molecular complexity index is 857. The summed E-state index contributed by atoms with van der Waals surface area (Å²) in [6, 6.07) is 17.9. The molecule has 1 heterocycles. The van der Waals surface area contributed by atoms with Gasteiger partial charge in [0.1, 0.15) is 18.2 Å². The van der Waals surface area contributed by atoms with Crippen LogP contribution in [0.3, 0.4) is 0 Å². The highest BCUT2D eigenvalue weighted by molar-refractivity contribution is 6.31. The van der Waals surface area contributed by atoms with E-state index in [9.17, 15) is 4.39 Å². The third kappa shape index (κ3) is 6.22. The molecular weight excluding hydrogens is 379 g/mol. The first-order valence-corrected chi connectivity index (χ1v) is 9.49. The predicted molar refractivity (Wildman–Crippen MR) is 108 cm³/mol. The standard InChI is InChI=1S/C22H22ClFN2O2/c23-20-8-4-9-21(24)19(20)16-28-18-7-3-6-17(14-18)15-25-11-5-13-27-22-10-1-2-12-26-22/h1-4,6-10,12,14,25H,5,11,13,15-16H2. The van der Waals surface area contributed by atoms with Gasteiger partial charge in [-0.2, -0.15) is 0 Å². The van der Waals surface area contributed by atoms with Gasteiger partial charge in [-0.1, -0.05) is 35.9 Å². The van der Waals surface area contributed by atoms with E-state index in [1.54, 1.807) is 18.3 Å². The molecule has 0 amide bonds. The third-order valence-electron chi connectivity index (χ3n) is 4.06. The molecule has 0 aliphatic heterocycles. The van der Waals surface area contributed by atoms with Gasteiger partial charge in [-0.25, -0.2) is 9.37 Å². The van der Waals surface area contributed by atoms with Crippen molar-refractivity contribution < 1.29 is 13.9 Å². The van der Waals surface area contributed by atoms with E-state index in [-0.39, 0.29) is 12.4 Å². The van der Waals surface area contributed by atoms with Crippen LogP contribution in [0.5, 0.6) is 11.6 Å². The molecule has 28 heavy (non-hydrogen) atoms. The average Bonchev–Trinajstić information content (AvgIpc) is 2.71. The Labute approximate surface area is 169 Å². The van der Waals surface area contributed by atoms with E-state index in [2.05, 4.69) is 10.3 Å². The molecule has 0 unspecified atom stereocenters. The fraction of sp³-hybridized carbons (Fsp3) is 0.227. The van der Waals surface area contributed by atoms with E-state index < -0.39 is 0 Å². The summed E-state index contributed by atoms with van der Waals surface area (Å²) < 4.78 is 25.1. The van der Waals surface area contributed by atoms with Crippen LogP contribution in [-0.4, -0.2) is 18.1 Å². The molecule has 0 fully saturated rings. The highest BCUT2D eigenvalue weighted by Crippen LogP contribution is 2.22. The maximum Gasteiger partial charge on any atom is 0.213 e. The van der Waals surface area contributed by atoms with Crippen LogP contribution < -0.4 is 14.8 Å². The summed E-state index contributed by atoms with van der Waals surface area (Å²) in [5.74, 6) is 0.956. The largest absolute Gasteiger partial charge is 0.489 e. The number of aromatic nitrogens is 1. The van der Waals surface area contributed by atoms with Crippen molar-refractivity contribution in [3.05, 3.63) is 88.8 Å². The lowest BCUT2D eigenvalue weighted by atomic mass is 10.2. The second-order valence-electron chi connectivity index (χ2n) is 6.18. The van der Waals surface area contributed by atoms with Crippen molar-refractivity contribution in [2.45, 2.75) is 19.6 Å². The van der Waals surface area contributed by atoms with Crippen molar-refractivity contribution in [1.82, 2.24) is 10.3 Å². The summed E-state index contributed by atoms with van der Waals surface area (Å²) in [5.41, 5.74) is 1.45. The van der Waals surface area contributed by atoms with E-state index in [1.165, 1.54) is 6.07 Å². The summed E-state index contributed by atoms with van der Waals surface area (Å²) in [6.07, 6.45) is 2.58. The maximum atomic E-state index is 13.8. The Morgan fingerprint density at radius 2 is 1.89 bits per heavy atom. The molecule has 0 radical (unpaired) electrons. The van der Waals surface area contributed by atoms with Crippen molar-refractivity contribution >= 4 is 11.6 Å². The number of pyridine rings is 1. The van der Waals surface area contributed by atoms with E-state index in [1.807, 2.05) is 42.5 Å². The normalized spacial score (nSPS) is 10.6. The van der Waals surface area contributed by atoms with Crippen LogP contribution >= 0.6 is 11.6 Å². The Kier molecular flexibility index (Phi) is 7.64. The molecule has 2 aromatic carbocycles. The number of hydrogen-bond acceptors (Lipinski definition) is 4. The van der Waals surface area contributed by atoms with E-state index in [0.29, 0.717) is 35.4 Å². The number of nitrogens with zero attached hydrogens (tertiary/aromatic N) is 1. The van der Waals surface area contributed by atoms with E-state index in [4.69, 9.17) is 21.1 Å². The van der Waals surface area contributed by atoms with Gasteiger partial charge >= 0.3 is 0 Å². The average molecular weight is 401 g/mol. The minimum atomic E-state index is -0.363. The van der Waals surface area contributed by atoms with Crippen molar-refractivity contribution in [2.24, 2.45) is 0 Å². The van der Waals surface area contributed by atoms with Gasteiger partial charge in [-0.05, 0) is 48.9 Å². The van der Waals surface area contributed by atoms with Crippen LogP contribution in [0.25, 0.3) is 0 Å². The summed E-state index contributed by atoms with van der Waals surface area (Å²) in [4.78, 5) is 4.12. The molecule has 3 aromatic rings. The molecule has 0 atom stereocenters. The van der Waals surface area contributed by atoms with Crippen LogP contribution in [0, 0.1) is 5.82 Å². The maximum absolute atomic E-state index is 13.8. The first-order valence-electron chi connectivity index (χ1n) is 9.11. The molecule has 0 saturated carbocycles. The van der Waals surface area contributed by atoms with Crippen LogP contribution in [0.1, 0.15) is 17.5 Å². The number of rotatable bonds is 10. The number of nitrogens with one attached hydrogen (secondary N) is 1. The molecule has 0 spiro atoms. The number of ether oxygens (including phenoxy) is 2. The lowest BCUT2D eigenvalue weighted by molar-refractivity contribution is 0.296. The zero-order valence-corrected chi connectivity index (χ0v) is 16.2. The molecule has 3 rings (SSSR count). The highest BCUT2D eigenvalue weighted by Gasteiger charge is 2.08. The SMILES string of the molecule is Fc1cccc(Cl)c1COc1cccc(CNCCCOc2ccccn2)c1. The van der Waals surface area contributed by atoms with Gasteiger partial charge in [-0.15, -0.1) is 0 Å². The van der Waals surface area contributed by atoms with Gasteiger partial charge < -0.3 is 14.8 Å². The summed E-state index contributed by atoms with van der Waals surface area (Å²) >= 11 is 6.03. The van der Waals surface area contributed by atoms with Gasteiger partial charge in [0.25, 0.3) is 0 Å². The Balaban J connectivity index is 1.40. The zero-order chi connectivity index (χ0) is 19.6. The van der Waals surface area contributed by atoms with Crippen molar-refractivity contribution in [3.8, 4) is 11.6 Å². The minimum absolute atomic E-state index is 0.0905. The third-order valence-corrected chi connectivity index (χ3v) is 4.41. The first-order chi connectivity index (χ1) is 13.7. The molecule has 1 aromatic heterocycles. The fourth-order valence-electron chi connectivity index (χ4n) is 2.61. The van der Waals surface area contributed by atoms with Gasteiger partial charge in [-0.3, -0.25) is 0 Å². The summed E-state index contributed by atoms with van der Waals surface area (Å²) in [6.45, 7) is 2.23. The minimum Gasteiger partial charge on any atom is -0.489 e. The molecular formula is C22H22ClFN2O2. The van der Waals surface area contributed by atoms with E-state index in [0.717, 1.165) is 18.5 Å². The molecule has 0 bridgehead atoms. The van der Waals surface area contributed by atoms with Crippen molar-refractivity contribution in [3.63, 3.8) is 0 Å². The molecule has 0 saturated heterocycles. The smallest absolute Gasteiger partial charge is 0.213 e. The predicted octanol–water partition coefficient (Wildman–Crippen LogP) is 5.01. The zero-order valence-electron chi connectivity index (χ0n) is 15.4. The molecule has 0 aliphatic carbocycles. The van der Waals surface area contributed by atoms with Crippen molar-refractivity contribution in [2.75, 3.05) is 13.2 Å². The first kappa shape index (κ1) is 20.1. The Hall–Kier alpha value is -2.63. The fourth-order valence-corrected chi connectivity index (χ4v) is 2.83. The van der Waals surface area contributed by atoms with Crippen LogP contribution in [0.2, 0.25) is 5.02 Å². The Morgan fingerprint density at radius 3 is 2.71 bits per heavy atom. The number of hydrogen-bond donors (Lipinski definition) is 1. The number of benzene rings is 2.